The Kier molecular flexibility index (Phi) is 2.88. The molecular weight excluding hydrogens is 182 g/mol. The van der Waals surface area contributed by atoms with Crippen LogP contribution in [0.25, 0.3) is 0 Å². The van der Waals surface area contributed by atoms with Crippen LogP contribution in [0.5, 0.6) is 0 Å². The molecule has 1 aromatic rings. The van der Waals surface area contributed by atoms with E-state index in [9.17, 15) is 4.79 Å². The Bertz CT molecular complexity index is 334. The number of rotatable bonds is 3. The fourth-order valence-electron chi connectivity index (χ4n) is 1.13. The van der Waals surface area contributed by atoms with Gasteiger partial charge in [0.05, 0.1) is 6.61 Å². The molecule has 0 spiro atoms. The number of carbonyl (C=O) groups is 1. The minimum absolute atomic E-state index is 0.401. The summed E-state index contributed by atoms with van der Waals surface area (Å²) in [6.45, 7) is 1.27. The van der Waals surface area contributed by atoms with Gasteiger partial charge < -0.3 is 15.9 Å². The Hall–Kier alpha value is -1.39. The summed E-state index contributed by atoms with van der Waals surface area (Å²) in [5.74, 6) is -1.23. The standard InChI is InChI=1S/C10H13NO3/c1-7-2-4-8(5-3-7)10(11,6-12)9(13)14/h2-5,12H,6,11H2,1H3,(H,13,14)/t10-/m1/s1. The molecule has 4 heteroatoms. The van der Waals surface area contributed by atoms with E-state index in [-0.39, 0.29) is 0 Å². The summed E-state index contributed by atoms with van der Waals surface area (Å²) in [6, 6.07) is 6.74. The van der Waals surface area contributed by atoms with E-state index >= 15 is 0 Å². The predicted octanol–water partition coefficient (Wildman–Crippen LogP) is 0.226. The van der Waals surface area contributed by atoms with E-state index in [4.69, 9.17) is 15.9 Å². The van der Waals surface area contributed by atoms with Gasteiger partial charge in [-0.05, 0) is 12.5 Å². The van der Waals surface area contributed by atoms with E-state index in [1.165, 1.54) is 0 Å². The van der Waals surface area contributed by atoms with Gasteiger partial charge in [0.2, 0.25) is 0 Å². The fraction of sp³-hybridized carbons (Fsp3) is 0.300. The molecule has 0 saturated heterocycles. The van der Waals surface area contributed by atoms with Crippen molar-refractivity contribution in [1.29, 1.82) is 0 Å². The van der Waals surface area contributed by atoms with E-state index in [2.05, 4.69) is 0 Å². The van der Waals surface area contributed by atoms with Crippen molar-refractivity contribution in [3.05, 3.63) is 35.4 Å². The van der Waals surface area contributed by atoms with Crippen LogP contribution < -0.4 is 5.73 Å². The largest absolute Gasteiger partial charge is 0.480 e. The van der Waals surface area contributed by atoms with E-state index in [0.717, 1.165) is 5.56 Å². The first-order valence-corrected chi connectivity index (χ1v) is 4.21. The van der Waals surface area contributed by atoms with Crippen LogP contribution in [0.2, 0.25) is 0 Å². The lowest BCUT2D eigenvalue weighted by Gasteiger charge is -2.22. The molecule has 0 radical (unpaired) electrons. The SMILES string of the molecule is Cc1ccc([C@](N)(CO)C(=O)O)cc1. The van der Waals surface area contributed by atoms with Gasteiger partial charge in [-0.1, -0.05) is 29.8 Å². The molecular formula is C10H13NO3. The first-order chi connectivity index (χ1) is 6.50. The average Bonchev–Trinajstić information content (AvgIpc) is 2.17. The Morgan fingerprint density at radius 3 is 2.29 bits per heavy atom. The molecule has 4 N–H and O–H groups in total. The van der Waals surface area contributed by atoms with Crippen LogP contribution in [0.15, 0.2) is 24.3 Å². The molecule has 1 aromatic carbocycles. The molecule has 0 aliphatic heterocycles. The van der Waals surface area contributed by atoms with Crippen molar-refractivity contribution in [2.24, 2.45) is 5.73 Å². The van der Waals surface area contributed by atoms with Crippen LogP contribution in [-0.4, -0.2) is 22.8 Å². The molecule has 0 saturated carbocycles. The van der Waals surface area contributed by atoms with E-state index in [0.29, 0.717) is 5.56 Å². The summed E-state index contributed by atoms with van der Waals surface area (Å²) in [5.41, 5.74) is 5.28. The van der Waals surface area contributed by atoms with Crippen molar-refractivity contribution in [3.63, 3.8) is 0 Å². The minimum atomic E-state index is -1.70. The highest BCUT2D eigenvalue weighted by Gasteiger charge is 2.35. The number of carboxylic acid groups (broad SMARTS) is 1. The minimum Gasteiger partial charge on any atom is -0.480 e. The number of carboxylic acids is 1. The predicted molar refractivity (Wildman–Crippen MR) is 51.8 cm³/mol. The number of benzene rings is 1. The van der Waals surface area contributed by atoms with Gasteiger partial charge in [0.1, 0.15) is 0 Å². The van der Waals surface area contributed by atoms with Gasteiger partial charge in [0.15, 0.2) is 5.54 Å². The van der Waals surface area contributed by atoms with Crippen molar-refractivity contribution >= 4 is 5.97 Å². The zero-order chi connectivity index (χ0) is 10.8. The summed E-state index contributed by atoms with van der Waals surface area (Å²) < 4.78 is 0. The van der Waals surface area contributed by atoms with Crippen molar-refractivity contribution in [1.82, 2.24) is 0 Å². The zero-order valence-corrected chi connectivity index (χ0v) is 7.90. The molecule has 0 heterocycles. The van der Waals surface area contributed by atoms with Gasteiger partial charge in [-0.25, -0.2) is 4.79 Å². The molecule has 0 unspecified atom stereocenters. The van der Waals surface area contributed by atoms with Gasteiger partial charge in [0.25, 0.3) is 0 Å². The molecule has 0 aliphatic rings. The Labute approximate surface area is 82.0 Å². The van der Waals surface area contributed by atoms with Gasteiger partial charge in [0, 0.05) is 0 Å². The van der Waals surface area contributed by atoms with Crippen molar-refractivity contribution in [2.75, 3.05) is 6.61 Å². The lowest BCUT2D eigenvalue weighted by Crippen LogP contribution is -2.48. The number of nitrogens with two attached hydrogens (primary N) is 1. The number of aliphatic hydroxyl groups is 1. The van der Waals surface area contributed by atoms with Gasteiger partial charge in [-0.15, -0.1) is 0 Å². The van der Waals surface area contributed by atoms with Crippen molar-refractivity contribution < 1.29 is 15.0 Å². The second-order valence-corrected chi connectivity index (χ2v) is 3.30. The smallest absolute Gasteiger partial charge is 0.330 e. The number of aryl methyl sites for hydroxylation is 1. The normalized spacial score (nSPS) is 14.8. The van der Waals surface area contributed by atoms with Crippen LogP contribution in [-0.2, 0) is 10.3 Å². The number of aliphatic carboxylic acids is 1. The van der Waals surface area contributed by atoms with E-state index in [1.54, 1.807) is 24.3 Å². The highest BCUT2D eigenvalue weighted by atomic mass is 16.4. The first-order valence-electron chi connectivity index (χ1n) is 4.21. The molecule has 76 valence electrons. The Morgan fingerprint density at radius 2 is 1.93 bits per heavy atom. The molecule has 0 amide bonds. The maximum atomic E-state index is 10.9. The lowest BCUT2D eigenvalue weighted by atomic mass is 9.91. The highest BCUT2D eigenvalue weighted by molar-refractivity contribution is 5.80. The maximum absolute atomic E-state index is 10.9. The summed E-state index contributed by atoms with van der Waals surface area (Å²) >= 11 is 0. The molecule has 1 rings (SSSR count). The van der Waals surface area contributed by atoms with Crippen LogP contribution in [0.4, 0.5) is 0 Å². The number of hydrogen-bond donors (Lipinski definition) is 3. The van der Waals surface area contributed by atoms with Crippen LogP contribution in [0, 0.1) is 6.92 Å². The van der Waals surface area contributed by atoms with Gasteiger partial charge in [-0.3, -0.25) is 0 Å². The second-order valence-electron chi connectivity index (χ2n) is 3.30. The second kappa shape index (κ2) is 3.77. The van der Waals surface area contributed by atoms with E-state index in [1.807, 2.05) is 6.92 Å². The number of aliphatic hydroxyl groups excluding tert-OH is 1. The van der Waals surface area contributed by atoms with E-state index < -0.39 is 18.1 Å². The molecule has 0 fully saturated rings. The molecule has 14 heavy (non-hydrogen) atoms. The van der Waals surface area contributed by atoms with Crippen LogP contribution in [0.3, 0.4) is 0 Å². The number of hydrogen-bond acceptors (Lipinski definition) is 3. The van der Waals surface area contributed by atoms with Crippen molar-refractivity contribution in [2.45, 2.75) is 12.5 Å². The molecule has 4 nitrogen and oxygen atoms in total. The first kappa shape index (κ1) is 10.7. The third-order valence-electron chi connectivity index (χ3n) is 2.20. The third-order valence-corrected chi connectivity index (χ3v) is 2.20. The third kappa shape index (κ3) is 1.76. The topological polar surface area (TPSA) is 83.5 Å². The molecule has 0 bridgehead atoms. The monoisotopic (exact) mass is 195 g/mol. The van der Waals surface area contributed by atoms with Crippen LogP contribution in [0.1, 0.15) is 11.1 Å². The summed E-state index contributed by atoms with van der Waals surface area (Å²) in [6.07, 6.45) is 0. The summed E-state index contributed by atoms with van der Waals surface area (Å²) in [7, 11) is 0. The van der Waals surface area contributed by atoms with Gasteiger partial charge >= 0.3 is 5.97 Å². The Morgan fingerprint density at radius 1 is 1.43 bits per heavy atom. The van der Waals surface area contributed by atoms with Crippen LogP contribution >= 0.6 is 0 Å². The van der Waals surface area contributed by atoms with Gasteiger partial charge in [-0.2, -0.15) is 0 Å². The zero-order valence-electron chi connectivity index (χ0n) is 7.90. The van der Waals surface area contributed by atoms with Crippen molar-refractivity contribution in [3.8, 4) is 0 Å². The summed E-state index contributed by atoms with van der Waals surface area (Å²) in [5, 5.41) is 17.8. The average molecular weight is 195 g/mol. The Balaban J connectivity index is 3.13. The quantitative estimate of drug-likeness (QED) is 0.644. The summed E-state index contributed by atoms with van der Waals surface area (Å²) in [4.78, 5) is 10.9. The molecule has 0 aliphatic carbocycles. The highest BCUT2D eigenvalue weighted by Crippen LogP contribution is 2.18. The maximum Gasteiger partial charge on any atom is 0.330 e. The fourth-order valence-corrected chi connectivity index (χ4v) is 1.13. The molecule has 0 aromatic heterocycles. The molecule has 1 atom stereocenters. The lowest BCUT2D eigenvalue weighted by molar-refractivity contribution is -0.145.